The molecule has 3 aromatic rings. The van der Waals surface area contributed by atoms with Crippen molar-refractivity contribution in [2.24, 2.45) is 0 Å². The summed E-state index contributed by atoms with van der Waals surface area (Å²) in [7, 11) is 0. The molecule has 0 radical (unpaired) electrons. The molecule has 0 unspecified atom stereocenters. The van der Waals surface area contributed by atoms with Gasteiger partial charge < -0.3 is 14.2 Å². The van der Waals surface area contributed by atoms with E-state index in [1.54, 1.807) is 25.1 Å². The minimum Gasteiger partial charge on any atom is -0.424 e. The van der Waals surface area contributed by atoms with E-state index in [1.165, 1.54) is 13.0 Å². The first-order valence-corrected chi connectivity index (χ1v) is 6.81. The molecule has 2 heterocycles. The fourth-order valence-electron chi connectivity index (χ4n) is 2.15. The zero-order valence-corrected chi connectivity index (χ0v) is 12.5. The van der Waals surface area contributed by atoms with E-state index < -0.39 is 11.8 Å². The molecule has 0 atom stereocenters. The number of carbonyl (C=O) groups excluding carboxylic acids is 2. The summed E-state index contributed by atoms with van der Waals surface area (Å²) in [5, 5.41) is 4.71. The number of H-pyrrole nitrogens is 1. The Kier molecular flexibility index (Phi) is 3.46. The summed E-state index contributed by atoms with van der Waals surface area (Å²) in [6.45, 7) is 2.94. The standard InChI is InChI=1S/C15H11ClN2O4/c1-7-5-12(18-22-7)14(20)13-15(21-8(2)19)10-6-9(16)3-4-11(10)17-13/h3-6,17H,1-2H3. The quantitative estimate of drug-likeness (QED) is 0.591. The van der Waals surface area contributed by atoms with Crippen LogP contribution in [-0.2, 0) is 4.79 Å². The second-order valence-corrected chi connectivity index (χ2v) is 5.20. The Morgan fingerprint density at radius 3 is 2.73 bits per heavy atom. The molecule has 0 saturated carbocycles. The third kappa shape index (κ3) is 2.48. The third-order valence-electron chi connectivity index (χ3n) is 3.05. The molecular formula is C15H11ClN2O4. The number of aromatic amines is 1. The lowest BCUT2D eigenvalue weighted by Gasteiger charge is -2.02. The van der Waals surface area contributed by atoms with Gasteiger partial charge in [-0.2, -0.15) is 0 Å². The summed E-state index contributed by atoms with van der Waals surface area (Å²) >= 11 is 5.97. The van der Waals surface area contributed by atoms with Gasteiger partial charge >= 0.3 is 5.97 Å². The molecular weight excluding hydrogens is 308 g/mol. The van der Waals surface area contributed by atoms with Crippen molar-refractivity contribution in [1.29, 1.82) is 0 Å². The molecule has 1 aromatic carbocycles. The molecule has 0 bridgehead atoms. The molecule has 112 valence electrons. The summed E-state index contributed by atoms with van der Waals surface area (Å²) in [4.78, 5) is 26.8. The van der Waals surface area contributed by atoms with Crippen LogP contribution in [0.5, 0.6) is 5.75 Å². The van der Waals surface area contributed by atoms with Crippen LogP contribution in [0.1, 0.15) is 28.9 Å². The maximum atomic E-state index is 12.5. The Morgan fingerprint density at radius 2 is 2.09 bits per heavy atom. The van der Waals surface area contributed by atoms with Crippen molar-refractivity contribution in [2.75, 3.05) is 0 Å². The first kappa shape index (κ1) is 14.3. The van der Waals surface area contributed by atoms with Crippen LogP contribution in [0.25, 0.3) is 10.9 Å². The van der Waals surface area contributed by atoms with Gasteiger partial charge in [0.25, 0.3) is 0 Å². The maximum absolute atomic E-state index is 12.5. The smallest absolute Gasteiger partial charge is 0.308 e. The van der Waals surface area contributed by atoms with E-state index >= 15 is 0 Å². The highest BCUT2D eigenvalue weighted by Crippen LogP contribution is 2.33. The summed E-state index contributed by atoms with van der Waals surface area (Å²) in [5.41, 5.74) is 0.883. The lowest BCUT2D eigenvalue weighted by molar-refractivity contribution is -0.131. The van der Waals surface area contributed by atoms with Crippen molar-refractivity contribution in [3.8, 4) is 5.75 Å². The molecule has 2 aromatic heterocycles. The normalized spacial score (nSPS) is 10.9. The molecule has 0 saturated heterocycles. The van der Waals surface area contributed by atoms with Crippen molar-refractivity contribution in [2.45, 2.75) is 13.8 Å². The molecule has 3 rings (SSSR count). The van der Waals surface area contributed by atoms with Gasteiger partial charge in [0.2, 0.25) is 5.78 Å². The number of fused-ring (bicyclic) bond motifs is 1. The van der Waals surface area contributed by atoms with Gasteiger partial charge in [0, 0.05) is 28.9 Å². The van der Waals surface area contributed by atoms with E-state index in [9.17, 15) is 9.59 Å². The molecule has 6 nitrogen and oxygen atoms in total. The predicted molar refractivity (Wildman–Crippen MR) is 79.3 cm³/mol. The average Bonchev–Trinajstić information content (AvgIpc) is 3.03. The second-order valence-electron chi connectivity index (χ2n) is 4.76. The summed E-state index contributed by atoms with van der Waals surface area (Å²) in [6, 6.07) is 6.51. The zero-order chi connectivity index (χ0) is 15.9. The van der Waals surface area contributed by atoms with Crippen molar-refractivity contribution in [3.63, 3.8) is 0 Å². The fraction of sp³-hybridized carbons (Fsp3) is 0.133. The number of hydrogen-bond donors (Lipinski definition) is 1. The number of nitrogens with one attached hydrogen (secondary N) is 1. The van der Waals surface area contributed by atoms with Crippen LogP contribution >= 0.6 is 11.6 Å². The van der Waals surface area contributed by atoms with E-state index in [4.69, 9.17) is 20.9 Å². The van der Waals surface area contributed by atoms with Gasteiger partial charge in [0.15, 0.2) is 11.4 Å². The number of ketones is 1. The lowest BCUT2D eigenvalue weighted by atomic mass is 10.1. The number of nitrogens with zero attached hydrogens (tertiary/aromatic N) is 1. The van der Waals surface area contributed by atoms with Gasteiger partial charge in [0.05, 0.1) is 0 Å². The highest BCUT2D eigenvalue weighted by atomic mass is 35.5. The Bertz CT molecular complexity index is 894. The van der Waals surface area contributed by atoms with Crippen molar-refractivity contribution >= 4 is 34.3 Å². The van der Waals surface area contributed by atoms with Gasteiger partial charge in [-0.05, 0) is 25.1 Å². The molecule has 1 N–H and O–H groups in total. The molecule has 0 aliphatic rings. The first-order valence-electron chi connectivity index (χ1n) is 6.43. The topological polar surface area (TPSA) is 85.2 Å². The van der Waals surface area contributed by atoms with Crippen LogP contribution in [0.2, 0.25) is 5.02 Å². The third-order valence-corrected chi connectivity index (χ3v) is 3.28. The molecule has 0 spiro atoms. The van der Waals surface area contributed by atoms with E-state index in [0.717, 1.165) is 0 Å². The lowest BCUT2D eigenvalue weighted by Crippen LogP contribution is -2.08. The van der Waals surface area contributed by atoms with Crippen molar-refractivity contribution in [3.05, 3.63) is 46.4 Å². The average molecular weight is 319 g/mol. The molecule has 22 heavy (non-hydrogen) atoms. The molecule has 0 aliphatic carbocycles. The van der Waals surface area contributed by atoms with Crippen LogP contribution in [0, 0.1) is 6.92 Å². The predicted octanol–water partition coefficient (Wildman–Crippen LogP) is 3.27. The second kappa shape index (κ2) is 5.31. The fourth-order valence-corrected chi connectivity index (χ4v) is 2.32. The highest BCUT2D eigenvalue weighted by Gasteiger charge is 2.24. The number of aromatic nitrogens is 2. The Balaban J connectivity index is 2.19. The van der Waals surface area contributed by atoms with Crippen LogP contribution in [0.3, 0.4) is 0 Å². The number of hydrogen-bond acceptors (Lipinski definition) is 5. The number of benzene rings is 1. The largest absolute Gasteiger partial charge is 0.424 e. The van der Waals surface area contributed by atoms with E-state index in [1.807, 2.05) is 0 Å². The van der Waals surface area contributed by atoms with Gasteiger partial charge in [-0.15, -0.1) is 0 Å². The van der Waals surface area contributed by atoms with Gasteiger partial charge in [-0.1, -0.05) is 16.8 Å². The Hall–Kier alpha value is -2.60. The zero-order valence-electron chi connectivity index (χ0n) is 11.8. The summed E-state index contributed by atoms with van der Waals surface area (Å²) in [6.07, 6.45) is 0. The molecule has 0 amide bonds. The first-order chi connectivity index (χ1) is 10.5. The monoisotopic (exact) mass is 318 g/mol. The van der Waals surface area contributed by atoms with Gasteiger partial charge in [-0.25, -0.2) is 0 Å². The summed E-state index contributed by atoms with van der Waals surface area (Å²) < 4.78 is 10.1. The van der Waals surface area contributed by atoms with E-state index in [-0.39, 0.29) is 17.1 Å². The number of ether oxygens (including phenoxy) is 1. The van der Waals surface area contributed by atoms with Crippen LogP contribution < -0.4 is 4.74 Å². The minimum absolute atomic E-state index is 0.126. The Labute approximate surface area is 130 Å². The maximum Gasteiger partial charge on any atom is 0.308 e. The number of aryl methyl sites for hydroxylation is 1. The SMILES string of the molecule is CC(=O)Oc1c(C(=O)c2cc(C)on2)[nH]c2ccc(Cl)cc12. The summed E-state index contributed by atoms with van der Waals surface area (Å²) in [5.74, 6) is -0.320. The molecule has 7 heteroatoms. The van der Waals surface area contributed by atoms with E-state index in [2.05, 4.69) is 10.1 Å². The minimum atomic E-state index is -0.536. The highest BCUT2D eigenvalue weighted by molar-refractivity contribution is 6.31. The van der Waals surface area contributed by atoms with E-state index in [0.29, 0.717) is 21.7 Å². The van der Waals surface area contributed by atoms with Gasteiger partial charge in [0.1, 0.15) is 11.5 Å². The van der Waals surface area contributed by atoms with Crippen LogP contribution in [0.15, 0.2) is 28.8 Å². The number of esters is 1. The van der Waals surface area contributed by atoms with Gasteiger partial charge in [-0.3, -0.25) is 9.59 Å². The Morgan fingerprint density at radius 1 is 1.32 bits per heavy atom. The van der Waals surface area contributed by atoms with Crippen molar-refractivity contribution < 1.29 is 18.8 Å². The number of rotatable bonds is 3. The van der Waals surface area contributed by atoms with Crippen LogP contribution in [-0.4, -0.2) is 21.9 Å². The molecule has 0 fully saturated rings. The number of halogens is 1. The number of carbonyl (C=O) groups is 2. The van der Waals surface area contributed by atoms with Crippen molar-refractivity contribution in [1.82, 2.24) is 10.1 Å². The van der Waals surface area contributed by atoms with Crippen LogP contribution in [0.4, 0.5) is 0 Å². The molecule has 0 aliphatic heterocycles.